The lowest BCUT2D eigenvalue weighted by atomic mass is 10.2. The van der Waals surface area contributed by atoms with Gasteiger partial charge < -0.3 is 9.64 Å². The number of carbonyl (C=O) groups is 1. The lowest BCUT2D eigenvalue weighted by Crippen LogP contribution is -2.23. The van der Waals surface area contributed by atoms with E-state index in [0.717, 1.165) is 12.8 Å². The van der Waals surface area contributed by atoms with Crippen molar-refractivity contribution in [1.29, 1.82) is 0 Å². The van der Waals surface area contributed by atoms with Crippen molar-refractivity contribution in [3.8, 4) is 5.75 Å². The zero-order chi connectivity index (χ0) is 11.7. The monoisotopic (exact) mass is 240 g/mol. The van der Waals surface area contributed by atoms with Crippen LogP contribution in [0.25, 0.3) is 0 Å². The van der Waals surface area contributed by atoms with E-state index >= 15 is 0 Å². The van der Waals surface area contributed by atoms with Crippen molar-refractivity contribution in [2.45, 2.75) is 18.9 Å². The lowest BCUT2D eigenvalue weighted by Gasteiger charge is -2.15. The van der Waals surface area contributed by atoms with Crippen molar-refractivity contribution in [3.05, 3.63) is 23.0 Å². The van der Waals surface area contributed by atoms with Gasteiger partial charge in [-0.1, -0.05) is 11.6 Å². The molecule has 0 spiro atoms. The van der Waals surface area contributed by atoms with Crippen molar-refractivity contribution in [2.24, 2.45) is 0 Å². The van der Waals surface area contributed by atoms with Gasteiger partial charge in [-0.15, -0.1) is 0 Å². The van der Waals surface area contributed by atoms with Crippen LogP contribution in [0.5, 0.6) is 5.75 Å². The summed E-state index contributed by atoms with van der Waals surface area (Å²) in [6.07, 6.45) is 5.23. The minimum absolute atomic E-state index is 0.148. The Bertz CT molecular complexity index is 416. The number of carbonyl (C=O) groups excluding carboxylic acids is 1. The van der Waals surface area contributed by atoms with Gasteiger partial charge in [0.05, 0.1) is 6.10 Å². The summed E-state index contributed by atoms with van der Waals surface area (Å²) in [5.74, 6) is 0.309. The third-order valence-corrected chi connectivity index (χ3v) is 2.57. The van der Waals surface area contributed by atoms with Gasteiger partial charge in [0.25, 0.3) is 5.91 Å². The second-order valence-electron chi connectivity index (χ2n) is 4.01. The summed E-state index contributed by atoms with van der Waals surface area (Å²) in [5, 5.41) is 0.389. The van der Waals surface area contributed by atoms with Crippen LogP contribution in [0.4, 0.5) is 0 Å². The Morgan fingerprint density at radius 3 is 2.75 bits per heavy atom. The molecule has 4 nitrogen and oxygen atoms in total. The fraction of sp³-hybridized carbons (Fsp3) is 0.455. The van der Waals surface area contributed by atoms with E-state index in [0.29, 0.717) is 16.3 Å². The number of pyridine rings is 1. The second-order valence-corrected chi connectivity index (χ2v) is 4.42. The molecule has 0 radical (unpaired) electrons. The first-order chi connectivity index (χ1) is 7.59. The molecule has 1 aromatic rings. The quantitative estimate of drug-likeness (QED) is 0.811. The number of amides is 1. The predicted octanol–water partition coefficient (Wildman–Crippen LogP) is 1.98. The van der Waals surface area contributed by atoms with Gasteiger partial charge in [0.2, 0.25) is 0 Å². The largest absolute Gasteiger partial charge is 0.488 e. The number of rotatable bonds is 3. The average molecular weight is 241 g/mol. The molecule has 0 aromatic carbocycles. The van der Waals surface area contributed by atoms with E-state index < -0.39 is 0 Å². The first-order valence-electron chi connectivity index (χ1n) is 5.11. The molecule has 16 heavy (non-hydrogen) atoms. The Balaban J connectivity index is 2.34. The fourth-order valence-corrected chi connectivity index (χ4v) is 1.49. The minimum atomic E-state index is -0.148. The maximum absolute atomic E-state index is 11.9. The standard InChI is InChI=1S/C11H13ClN2O2/c1-14(2)11(15)8-5-13-6-9(12)10(8)16-7-3-4-7/h5-7H,3-4H2,1-2H3. The highest BCUT2D eigenvalue weighted by Gasteiger charge is 2.27. The molecule has 1 aliphatic carbocycles. The van der Waals surface area contributed by atoms with Gasteiger partial charge in [0, 0.05) is 26.5 Å². The fourth-order valence-electron chi connectivity index (χ4n) is 1.29. The van der Waals surface area contributed by atoms with Gasteiger partial charge in [-0.2, -0.15) is 0 Å². The van der Waals surface area contributed by atoms with Crippen LogP contribution >= 0.6 is 11.6 Å². The van der Waals surface area contributed by atoms with Crippen LogP contribution < -0.4 is 4.74 Å². The highest BCUT2D eigenvalue weighted by atomic mass is 35.5. The Morgan fingerprint density at radius 1 is 1.50 bits per heavy atom. The summed E-state index contributed by atoms with van der Waals surface area (Å²) < 4.78 is 5.64. The zero-order valence-corrected chi connectivity index (χ0v) is 9.99. The Labute approximate surface area is 99.2 Å². The van der Waals surface area contributed by atoms with Gasteiger partial charge in [0.1, 0.15) is 10.6 Å². The molecule has 5 heteroatoms. The topological polar surface area (TPSA) is 42.4 Å². The first kappa shape index (κ1) is 11.2. The van der Waals surface area contributed by atoms with Crippen molar-refractivity contribution in [3.63, 3.8) is 0 Å². The van der Waals surface area contributed by atoms with E-state index in [4.69, 9.17) is 16.3 Å². The number of nitrogens with zero attached hydrogens (tertiary/aromatic N) is 2. The smallest absolute Gasteiger partial charge is 0.258 e. The summed E-state index contributed by atoms with van der Waals surface area (Å²) in [4.78, 5) is 17.3. The summed E-state index contributed by atoms with van der Waals surface area (Å²) in [5.41, 5.74) is 0.421. The number of ether oxygens (including phenoxy) is 1. The SMILES string of the molecule is CN(C)C(=O)c1cncc(Cl)c1OC1CC1. The second kappa shape index (κ2) is 4.29. The van der Waals surface area contributed by atoms with Crippen molar-refractivity contribution < 1.29 is 9.53 Å². The van der Waals surface area contributed by atoms with E-state index in [9.17, 15) is 4.79 Å². The summed E-state index contributed by atoms with van der Waals surface area (Å²) in [6, 6.07) is 0. The average Bonchev–Trinajstić information content (AvgIpc) is 3.03. The Hall–Kier alpha value is -1.29. The molecular formula is C11H13ClN2O2. The third-order valence-electron chi connectivity index (χ3n) is 2.30. The van der Waals surface area contributed by atoms with Crippen molar-refractivity contribution >= 4 is 17.5 Å². The van der Waals surface area contributed by atoms with E-state index in [1.165, 1.54) is 17.3 Å². The molecule has 2 rings (SSSR count). The molecule has 0 N–H and O–H groups in total. The van der Waals surface area contributed by atoms with Crippen LogP contribution in [0.15, 0.2) is 12.4 Å². The highest BCUT2D eigenvalue weighted by molar-refractivity contribution is 6.32. The molecule has 0 unspecified atom stereocenters. The van der Waals surface area contributed by atoms with E-state index in [2.05, 4.69) is 4.98 Å². The highest BCUT2D eigenvalue weighted by Crippen LogP contribution is 2.34. The van der Waals surface area contributed by atoms with Crippen LogP contribution in [-0.2, 0) is 0 Å². The molecular weight excluding hydrogens is 228 g/mol. The van der Waals surface area contributed by atoms with E-state index in [1.807, 2.05) is 0 Å². The predicted molar refractivity (Wildman–Crippen MR) is 60.9 cm³/mol. The van der Waals surface area contributed by atoms with Gasteiger partial charge in [-0.3, -0.25) is 9.78 Å². The van der Waals surface area contributed by atoms with Crippen LogP contribution in [0.3, 0.4) is 0 Å². The number of halogens is 1. The number of aromatic nitrogens is 1. The Kier molecular flexibility index (Phi) is 3.01. The Morgan fingerprint density at radius 2 is 2.19 bits per heavy atom. The van der Waals surface area contributed by atoms with Crippen LogP contribution in [0.1, 0.15) is 23.2 Å². The van der Waals surface area contributed by atoms with Crippen LogP contribution in [-0.4, -0.2) is 36.0 Å². The normalized spacial score (nSPS) is 14.7. The lowest BCUT2D eigenvalue weighted by molar-refractivity contribution is 0.0822. The van der Waals surface area contributed by atoms with Gasteiger partial charge in [-0.25, -0.2) is 0 Å². The molecule has 1 amide bonds. The van der Waals surface area contributed by atoms with Gasteiger partial charge in [-0.05, 0) is 12.8 Å². The molecule has 1 aromatic heterocycles. The van der Waals surface area contributed by atoms with Gasteiger partial charge in [0.15, 0.2) is 5.75 Å². The molecule has 1 saturated carbocycles. The van der Waals surface area contributed by atoms with Gasteiger partial charge >= 0.3 is 0 Å². The molecule has 86 valence electrons. The first-order valence-corrected chi connectivity index (χ1v) is 5.49. The molecule has 0 aliphatic heterocycles. The zero-order valence-electron chi connectivity index (χ0n) is 9.24. The molecule has 1 fully saturated rings. The molecule has 0 saturated heterocycles. The molecule has 1 heterocycles. The maximum Gasteiger partial charge on any atom is 0.258 e. The van der Waals surface area contributed by atoms with Crippen molar-refractivity contribution in [1.82, 2.24) is 9.88 Å². The van der Waals surface area contributed by atoms with Crippen LogP contribution in [0.2, 0.25) is 5.02 Å². The molecule has 1 aliphatic rings. The summed E-state index contributed by atoms with van der Waals surface area (Å²) >= 11 is 5.99. The van der Waals surface area contributed by atoms with Crippen molar-refractivity contribution in [2.75, 3.05) is 14.1 Å². The minimum Gasteiger partial charge on any atom is -0.488 e. The number of hydrogen-bond donors (Lipinski definition) is 0. The third kappa shape index (κ3) is 2.27. The van der Waals surface area contributed by atoms with Crippen LogP contribution in [0, 0.1) is 0 Å². The summed E-state index contributed by atoms with van der Waals surface area (Å²) in [6.45, 7) is 0. The number of hydrogen-bond acceptors (Lipinski definition) is 3. The maximum atomic E-state index is 11.9. The molecule has 0 bridgehead atoms. The summed E-state index contributed by atoms with van der Waals surface area (Å²) in [7, 11) is 3.37. The van der Waals surface area contributed by atoms with E-state index in [-0.39, 0.29) is 12.0 Å². The van der Waals surface area contributed by atoms with E-state index in [1.54, 1.807) is 14.1 Å². The molecule has 0 atom stereocenters.